The average molecular weight is 274 g/mol. The fourth-order valence-electron chi connectivity index (χ4n) is 2.73. The molecule has 106 valence electrons. The minimum absolute atomic E-state index is 0.468. The van der Waals surface area contributed by atoms with Crippen molar-refractivity contribution < 1.29 is 5.11 Å². The topological polar surface area (TPSA) is 90.8 Å². The van der Waals surface area contributed by atoms with Crippen LogP contribution in [0.4, 0.5) is 5.82 Å². The summed E-state index contributed by atoms with van der Waals surface area (Å²) in [4.78, 5) is 10.8. The highest BCUT2D eigenvalue weighted by Crippen LogP contribution is 2.31. The van der Waals surface area contributed by atoms with E-state index in [0.717, 1.165) is 30.3 Å². The molecule has 1 aliphatic rings. The first-order chi connectivity index (χ1) is 9.57. The highest BCUT2D eigenvalue weighted by Gasteiger charge is 2.37. The third kappa shape index (κ3) is 2.36. The number of hydrogen-bond acceptors (Lipinski definition) is 6. The first kappa shape index (κ1) is 13.0. The van der Waals surface area contributed by atoms with Crippen LogP contribution in [0.5, 0.6) is 0 Å². The molecule has 7 heteroatoms. The van der Waals surface area contributed by atoms with Crippen molar-refractivity contribution in [1.82, 2.24) is 25.4 Å². The Bertz CT molecular complexity index is 579. The monoisotopic (exact) mass is 274 g/mol. The zero-order valence-corrected chi connectivity index (χ0v) is 11.7. The lowest BCUT2D eigenvalue weighted by Gasteiger charge is -2.38. The van der Waals surface area contributed by atoms with Gasteiger partial charge in [0, 0.05) is 18.3 Å². The predicted molar refractivity (Wildman–Crippen MR) is 73.2 cm³/mol. The Morgan fingerprint density at radius 2 is 2.20 bits per heavy atom. The van der Waals surface area contributed by atoms with Crippen LogP contribution in [0, 0.1) is 13.8 Å². The van der Waals surface area contributed by atoms with Gasteiger partial charge in [0.2, 0.25) is 0 Å². The van der Waals surface area contributed by atoms with E-state index in [1.807, 2.05) is 19.9 Å². The molecule has 2 N–H and O–H groups in total. The van der Waals surface area contributed by atoms with Crippen molar-refractivity contribution in [3.63, 3.8) is 0 Å². The number of aromatic amines is 1. The van der Waals surface area contributed by atoms with Crippen molar-refractivity contribution in [2.45, 2.75) is 32.3 Å². The quantitative estimate of drug-likeness (QED) is 0.837. The first-order valence-corrected chi connectivity index (χ1v) is 6.73. The first-order valence-electron chi connectivity index (χ1n) is 6.73. The van der Waals surface area contributed by atoms with Gasteiger partial charge in [-0.3, -0.25) is 0 Å². The summed E-state index contributed by atoms with van der Waals surface area (Å²) in [5.74, 6) is 1.60. The summed E-state index contributed by atoms with van der Waals surface area (Å²) in [5, 5.41) is 21.2. The van der Waals surface area contributed by atoms with Crippen LogP contribution in [0.3, 0.4) is 0 Å². The lowest BCUT2D eigenvalue weighted by Crippen LogP contribution is -2.46. The maximum Gasteiger partial charge on any atom is 0.132 e. The molecule has 7 nitrogen and oxygen atoms in total. The number of aromatic nitrogens is 5. The molecule has 3 heterocycles. The smallest absolute Gasteiger partial charge is 0.132 e. The Morgan fingerprint density at radius 3 is 2.90 bits per heavy atom. The Hall–Kier alpha value is -2.02. The molecule has 1 saturated heterocycles. The number of hydrogen-bond donors (Lipinski definition) is 2. The second-order valence-corrected chi connectivity index (χ2v) is 5.33. The molecule has 0 aliphatic carbocycles. The lowest BCUT2D eigenvalue weighted by molar-refractivity contribution is 0.0174. The van der Waals surface area contributed by atoms with E-state index in [0.29, 0.717) is 18.7 Å². The molecule has 0 aromatic carbocycles. The highest BCUT2D eigenvalue weighted by atomic mass is 16.3. The average Bonchev–Trinajstić information content (AvgIpc) is 2.92. The normalized spacial score (nSPS) is 23.1. The molecule has 0 amide bonds. The minimum Gasteiger partial charge on any atom is -0.382 e. The van der Waals surface area contributed by atoms with Gasteiger partial charge < -0.3 is 10.0 Å². The number of anilines is 1. The number of rotatable bonds is 2. The van der Waals surface area contributed by atoms with E-state index < -0.39 is 5.60 Å². The molecule has 0 radical (unpaired) electrons. The summed E-state index contributed by atoms with van der Waals surface area (Å²) < 4.78 is 0. The van der Waals surface area contributed by atoms with Crippen molar-refractivity contribution in [3.8, 4) is 0 Å². The van der Waals surface area contributed by atoms with Crippen molar-refractivity contribution in [2.75, 3.05) is 18.0 Å². The molecule has 20 heavy (non-hydrogen) atoms. The lowest BCUT2D eigenvalue weighted by atomic mass is 9.90. The summed E-state index contributed by atoms with van der Waals surface area (Å²) in [6.07, 6.45) is 3.14. The fourth-order valence-corrected chi connectivity index (χ4v) is 2.73. The summed E-state index contributed by atoms with van der Waals surface area (Å²) in [6.45, 7) is 5.17. The zero-order chi connectivity index (χ0) is 14.2. The van der Waals surface area contributed by atoms with Gasteiger partial charge in [-0.25, -0.2) is 9.97 Å². The summed E-state index contributed by atoms with van der Waals surface area (Å²) >= 11 is 0. The Kier molecular flexibility index (Phi) is 3.13. The minimum atomic E-state index is -0.974. The molecule has 1 aliphatic heterocycles. The summed E-state index contributed by atoms with van der Waals surface area (Å²) in [6, 6.07) is 1.95. The molecule has 1 fully saturated rings. The van der Waals surface area contributed by atoms with Crippen LogP contribution in [0.15, 0.2) is 12.3 Å². The van der Waals surface area contributed by atoms with E-state index in [4.69, 9.17) is 0 Å². The van der Waals surface area contributed by atoms with Gasteiger partial charge in [0.1, 0.15) is 22.9 Å². The molecule has 0 bridgehead atoms. The summed E-state index contributed by atoms with van der Waals surface area (Å²) in [5.41, 5.74) is 0.547. The SMILES string of the molecule is Cc1cc(N2CCC[C@](O)(c3cn[nH]n3)C2)nc(C)n1. The van der Waals surface area contributed by atoms with Crippen LogP contribution in [0.2, 0.25) is 0 Å². The van der Waals surface area contributed by atoms with Gasteiger partial charge in [0.05, 0.1) is 12.7 Å². The van der Waals surface area contributed by atoms with Gasteiger partial charge in [-0.05, 0) is 26.7 Å². The number of piperidine rings is 1. The summed E-state index contributed by atoms with van der Waals surface area (Å²) in [7, 11) is 0. The van der Waals surface area contributed by atoms with Crippen LogP contribution < -0.4 is 4.90 Å². The van der Waals surface area contributed by atoms with E-state index >= 15 is 0 Å². The van der Waals surface area contributed by atoms with E-state index in [1.165, 1.54) is 0 Å². The maximum atomic E-state index is 10.8. The number of aryl methyl sites for hydroxylation is 2. The van der Waals surface area contributed by atoms with Crippen molar-refractivity contribution in [3.05, 3.63) is 29.5 Å². The molecule has 2 aromatic heterocycles. The molecule has 0 spiro atoms. The fraction of sp³-hybridized carbons (Fsp3) is 0.538. The second-order valence-electron chi connectivity index (χ2n) is 5.33. The third-order valence-corrected chi connectivity index (χ3v) is 3.64. The van der Waals surface area contributed by atoms with E-state index in [-0.39, 0.29) is 0 Å². The Balaban J connectivity index is 1.88. The molecule has 0 unspecified atom stereocenters. The second kappa shape index (κ2) is 4.82. The van der Waals surface area contributed by atoms with Crippen molar-refractivity contribution in [2.24, 2.45) is 0 Å². The number of H-pyrrole nitrogens is 1. The van der Waals surface area contributed by atoms with Crippen molar-refractivity contribution >= 4 is 5.82 Å². The van der Waals surface area contributed by atoms with Gasteiger partial charge in [0.15, 0.2) is 0 Å². The molecule has 0 saturated carbocycles. The van der Waals surface area contributed by atoms with Gasteiger partial charge in [-0.1, -0.05) is 0 Å². The Labute approximate surface area is 117 Å². The molecular weight excluding hydrogens is 256 g/mol. The number of aliphatic hydroxyl groups is 1. The van der Waals surface area contributed by atoms with Crippen LogP contribution >= 0.6 is 0 Å². The van der Waals surface area contributed by atoms with Crippen LogP contribution in [0.1, 0.15) is 30.1 Å². The zero-order valence-electron chi connectivity index (χ0n) is 11.7. The molecular formula is C13H18N6O. The van der Waals surface area contributed by atoms with Crippen molar-refractivity contribution in [1.29, 1.82) is 0 Å². The largest absolute Gasteiger partial charge is 0.382 e. The number of β-amino-alcohol motifs (C(OH)–C–C–N with tert-alkyl or cyclic N) is 1. The van der Waals surface area contributed by atoms with Crippen LogP contribution in [-0.4, -0.2) is 43.6 Å². The third-order valence-electron chi connectivity index (χ3n) is 3.64. The van der Waals surface area contributed by atoms with E-state index in [9.17, 15) is 5.11 Å². The van der Waals surface area contributed by atoms with Gasteiger partial charge >= 0.3 is 0 Å². The molecule has 2 aromatic rings. The van der Waals surface area contributed by atoms with E-state index in [1.54, 1.807) is 6.20 Å². The highest BCUT2D eigenvalue weighted by molar-refractivity contribution is 5.41. The van der Waals surface area contributed by atoms with E-state index in [2.05, 4.69) is 30.3 Å². The number of nitrogens with one attached hydrogen (secondary N) is 1. The maximum absolute atomic E-state index is 10.8. The van der Waals surface area contributed by atoms with Gasteiger partial charge in [-0.15, -0.1) is 0 Å². The standard InChI is InChI=1S/C13H18N6O/c1-9-6-12(16-10(2)15-9)19-5-3-4-13(20,8-19)11-7-14-18-17-11/h6-7,20H,3-5,8H2,1-2H3,(H,14,17,18)/t13-/m1/s1. The molecule has 3 rings (SSSR count). The molecule has 1 atom stereocenters. The van der Waals surface area contributed by atoms with Gasteiger partial charge in [0.25, 0.3) is 0 Å². The van der Waals surface area contributed by atoms with Gasteiger partial charge in [-0.2, -0.15) is 15.4 Å². The van der Waals surface area contributed by atoms with Crippen LogP contribution in [-0.2, 0) is 5.60 Å². The Morgan fingerprint density at radius 1 is 1.35 bits per heavy atom. The predicted octanol–water partition coefficient (Wildman–Crippen LogP) is 0.700. The number of nitrogens with zero attached hydrogens (tertiary/aromatic N) is 5. The van der Waals surface area contributed by atoms with Crippen LogP contribution in [0.25, 0.3) is 0 Å².